The van der Waals surface area contributed by atoms with Gasteiger partial charge in [0, 0.05) is 5.92 Å². The van der Waals surface area contributed by atoms with Gasteiger partial charge in [-0.2, -0.15) is 0 Å². The van der Waals surface area contributed by atoms with Gasteiger partial charge >= 0.3 is 0 Å². The molecule has 3 rings (SSSR count). The largest absolute Gasteiger partial charge is 0.494 e. The van der Waals surface area contributed by atoms with E-state index in [4.69, 9.17) is 9.16 Å². The molecule has 2 aromatic rings. The summed E-state index contributed by atoms with van der Waals surface area (Å²) in [5.74, 6) is 0.810. The minimum atomic E-state index is -1.97. The smallest absolute Gasteiger partial charge is 0.192 e. The molecular formula is C27H38O3Si. The molecule has 0 saturated carbocycles. The molecule has 31 heavy (non-hydrogen) atoms. The standard InChI is InChI=1S/C27H38O3Si/c1-26(2,3)31(4,5)30-24-18-20-27(28,25(24)22-14-8-6-9-15-22)19-12-13-21-29-23-16-10-7-11-17-23/h6-11,14-18,20,24-25,28H,12-13,19,21H2,1-5H3/t24-,25+,27?/m1/s1. The first kappa shape index (κ1) is 23.8. The Bertz CT molecular complexity index is 842. The van der Waals surface area contributed by atoms with E-state index in [1.54, 1.807) is 0 Å². The van der Waals surface area contributed by atoms with Crippen molar-refractivity contribution in [2.24, 2.45) is 0 Å². The maximum atomic E-state index is 11.7. The Hall–Kier alpha value is -1.88. The predicted octanol–water partition coefficient (Wildman–Crippen LogP) is 6.71. The molecule has 0 aliphatic heterocycles. The number of hydrogen-bond donors (Lipinski definition) is 1. The van der Waals surface area contributed by atoms with Crippen LogP contribution in [-0.2, 0) is 4.43 Å². The van der Waals surface area contributed by atoms with Crippen LogP contribution in [0.4, 0.5) is 0 Å². The Morgan fingerprint density at radius 2 is 1.55 bits per heavy atom. The molecule has 0 aromatic heterocycles. The molecule has 4 heteroatoms. The van der Waals surface area contributed by atoms with Crippen LogP contribution in [0.3, 0.4) is 0 Å². The molecule has 0 saturated heterocycles. The number of hydrogen-bond acceptors (Lipinski definition) is 3. The maximum Gasteiger partial charge on any atom is 0.192 e. The van der Waals surface area contributed by atoms with Gasteiger partial charge in [-0.05, 0) is 55.1 Å². The fraction of sp³-hybridized carbons (Fsp3) is 0.481. The first-order valence-corrected chi connectivity index (χ1v) is 14.4. The van der Waals surface area contributed by atoms with E-state index in [2.05, 4.69) is 52.1 Å². The third kappa shape index (κ3) is 5.88. The van der Waals surface area contributed by atoms with Gasteiger partial charge in [0.1, 0.15) is 5.75 Å². The topological polar surface area (TPSA) is 38.7 Å². The fourth-order valence-corrected chi connectivity index (χ4v) is 5.23. The third-order valence-corrected chi connectivity index (χ3v) is 11.3. The highest BCUT2D eigenvalue weighted by Crippen LogP contribution is 2.46. The van der Waals surface area contributed by atoms with Crippen LogP contribution >= 0.6 is 0 Å². The highest BCUT2D eigenvalue weighted by atomic mass is 28.4. The lowest BCUT2D eigenvalue weighted by Crippen LogP contribution is -2.46. The van der Waals surface area contributed by atoms with Gasteiger partial charge in [0.15, 0.2) is 8.32 Å². The fourth-order valence-electron chi connectivity index (χ4n) is 3.98. The lowest BCUT2D eigenvalue weighted by atomic mass is 9.80. The molecule has 1 unspecified atom stereocenters. The Labute approximate surface area is 189 Å². The van der Waals surface area contributed by atoms with Crippen LogP contribution in [0.2, 0.25) is 18.1 Å². The van der Waals surface area contributed by atoms with E-state index in [9.17, 15) is 5.11 Å². The average Bonchev–Trinajstić information content (AvgIpc) is 3.04. The zero-order valence-corrected chi connectivity index (χ0v) is 20.7. The van der Waals surface area contributed by atoms with Crippen molar-refractivity contribution in [2.75, 3.05) is 6.61 Å². The number of rotatable bonds is 9. The van der Waals surface area contributed by atoms with Crippen molar-refractivity contribution >= 4 is 8.32 Å². The highest BCUT2D eigenvalue weighted by Gasteiger charge is 2.48. The SMILES string of the molecule is CC(C)(C)[Si](C)(C)O[C@@H]1C=CC(O)(CCCCOc2ccccc2)[C@H]1c1ccccc1. The molecular weight excluding hydrogens is 400 g/mol. The summed E-state index contributed by atoms with van der Waals surface area (Å²) in [6.45, 7) is 12.0. The second-order valence-corrected chi connectivity index (χ2v) is 15.0. The lowest BCUT2D eigenvalue weighted by Gasteiger charge is -2.41. The van der Waals surface area contributed by atoms with Crippen molar-refractivity contribution in [3.63, 3.8) is 0 Å². The van der Waals surface area contributed by atoms with Gasteiger partial charge in [0.05, 0.1) is 18.3 Å². The van der Waals surface area contributed by atoms with E-state index in [1.807, 2.05) is 54.6 Å². The Balaban J connectivity index is 1.67. The second kappa shape index (κ2) is 9.72. The van der Waals surface area contributed by atoms with Crippen LogP contribution < -0.4 is 4.74 Å². The molecule has 0 fully saturated rings. The number of aliphatic hydroxyl groups is 1. The summed E-state index contributed by atoms with van der Waals surface area (Å²) in [5.41, 5.74) is 0.237. The van der Waals surface area contributed by atoms with Crippen molar-refractivity contribution in [3.8, 4) is 5.75 Å². The van der Waals surface area contributed by atoms with Crippen LogP contribution in [0.1, 0.15) is 51.5 Å². The van der Waals surface area contributed by atoms with Crippen LogP contribution in [-0.4, -0.2) is 31.7 Å². The summed E-state index contributed by atoms with van der Waals surface area (Å²) < 4.78 is 12.6. The zero-order valence-electron chi connectivity index (χ0n) is 19.7. The van der Waals surface area contributed by atoms with Crippen molar-refractivity contribution in [2.45, 2.75) is 75.8 Å². The van der Waals surface area contributed by atoms with Gasteiger partial charge in [-0.1, -0.05) is 81.5 Å². The van der Waals surface area contributed by atoms with Gasteiger partial charge in [0.2, 0.25) is 0 Å². The van der Waals surface area contributed by atoms with Crippen LogP contribution in [0.5, 0.6) is 5.75 Å². The number of unbranched alkanes of at least 4 members (excludes halogenated alkanes) is 1. The second-order valence-electron chi connectivity index (χ2n) is 10.2. The molecule has 0 heterocycles. The Morgan fingerprint density at radius 3 is 2.16 bits per heavy atom. The quantitative estimate of drug-likeness (QED) is 0.269. The summed E-state index contributed by atoms with van der Waals surface area (Å²) in [7, 11) is -1.97. The third-order valence-electron chi connectivity index (χ3n) is 6.82. The molecule has 1 N–H and O–H groups in total. The molecule has 1 aliphatic carbocycles. The molecule has 0 spiro atoms. The van der Waals surface area contributed by atoms with E-state index >= 15 is 0 Å². The number of ether oxygens (including phenoxy) is 1. The minimum Gasteiger partial charge on any atom is -0.494 e. The molecule has 0 amide bonds. The van der Waals surface area contributed by atoms with E-state index in [0.717, 1.165) is 24.2 Å². The van der Waals surface area contributed by atoms with E-state index in [1.165, 1.54) is 0 Å². The summed E-state index contributed by atoms with van der Waals surface area (Å²) in [6.07, 6.45) is 6.47. The summed E-state index contributed by atoms with van der Waals surface area (Å²) >= 11 is 0. The minimum absolute atomic E-state index is 0.0853. The summed E-state index contributed by atoms with van der Waals surface area (Å²) in [6, 6.07) is 20.2. The van der Waals surface area contributed by atoms with Crippen molar-refractivity contribution in [1.82, 2.24) is 0 Å². The molecule has 0 bridgehead atoms. The molecule has 3 nitrogen and oxygen atoms in total. The summed E-state index contributed by atoms with van der Waals surface area (Å²) in [5, 5.41) is 11.8. The summed E-state index contributed by atoms with van der Waals surface area (Å²) in [4.78, 5) is 0. The van der Waals surface area contributed by atoms with Gasteiger partial charge in [-0.3, -0.25) is 0 Å². The molecule has 1 aliphatic rings. The number of benzene rings is 2. The monoisotopic (exact) mass is 438 g/mol. The van der Waals surface area contributed by atoms with Crippen LogP contribution in [0.25, 0.3) is 0 Å². The van der Waals surface area contributed by atoms with E-state index < -0.39 is 13.9 Å². The van der Waals surface area contributed by atoms with Crippen LogP contribution in [0, 0.1) is 0 Å². The van der Waals surface area contributed by atoms with Gasteiger partial charge in [-0.15, -0.1) is 0 Å². The van der Waals surface area contributed by atoms with Crippen molar-refractivity contribution < 1.29 is 14.3 Å². The Morgan fingerprint density at radius 1 is 0.935 bits per heavy atom. The molecule has 168 valence electrons. The zero-order chi connectivity index (χ0) is 22.5. The van der Waals surface area contributed by atoms with E-state index in [-0.39, 0.29) is 17.1 Å². The normalized spacial score (nSPS) is 23.8. The Kier molecular flexibility index (Phi) is 7.46. The van der Waals surface area contributed by atoms with Crippen molar-refractivity contribution in [1.29, 1.82) is 0 Å². The van der Waals surface area contributed by atoms with Crippen molar-refractivity contribution in [3.05, 3.63) is 78.4 Å². The predicted molar refractivity (Wildman–Crippen MR) is 131 cm³/mol. The van der Waals surface area contributed by atoms with Gasteiger partial charge < -0.3 is 14.3 Å². The molecule has 2 aromatic carbocycles. The first-order valence-electron chi connectivity index (χ1n) is 11.4. The lowest BCUT2D eigenvalue weighted by molar-refractivity contribution is 0.0255. The van der Waals surface area contributed by atoms with Gasteiger partial charge in [0.25, 0.3) is 0 Å². The number of para-hydroxylation sites is 1. The van der Waals surface area contributed by atoms with E-state index in [0.29, 0.717) is 13.0 Å². The molecule has 0 radical (unpaired) electrons. The van der Waals surface area contributed by atoms with Gasteiger partial charge in [-0.25, -0.2) is 0 Å². The average molecular weight is 439 g/mol. The molecule has 3 atom stereocenters. The van der Waals surface area contributed by atoms with Crippen LogP contribution in [0.15, 0.2) is 72.8 Å². The highest BCUT2D eigenvalue weighted by molar-refractivity contribution is 6.74. The maximum absolute atomic E-state index is 11.7. The first-order chi connectivity index (χ1) is 14.6.